The lowest BCUT2D eigenvalue weighted by molar-refractivity contribution is 0.490. The number of nitrogens with one attached hydrogen (secondary N) is 1. The summed E-state index contributed by atoms with van der Waals surface area (Å²) >= 11 is 0. The Morgan fingerprint density at radius 2 is 2.00 bits per heavy atom. The molecule has 0 aliphatic carbocycles. The van der Waals surface area contributed by atoms with Crippen LogP contribution in [0.3, 0.4) is 0 Å². The van der Waals surface area contributed by atoms with E-state index >= 15 is 0 Å². The van der Waals surface area contributed by atoms with Gasteiger partial charge in [0.1, 0.15) is 11.3 Å². The van der Waals surface area contributed by atoms with E-state index in [0.29, 0.717) is 0 Å². The van der Waals surface area contributed by atoms with E-state index in [9.17, 15) is 0 Å². The number of aryl methyl sites for hydroxylation is 2. The molecule has 20 heavy (non-hydrogen) atoms. The fraction of sp³-hybridized carbons (Fsp3) is 0.235. The standard InChI is InChI=1S/C17H18N2O/c1-11-4-5-15-13(8-11)9-16(20-15)17(18-3)14-10-19-7-6-12(14)2/h4-10,17-18H,1-3H3. The van der Waals surface area contributed by atoms with Gasteiger partial charge in [0.15, 0.2) is 0 Å². The molecule has 2 heterocycles. The minimum absolute atomic E-state index is 0.0245. The second-order valence-electron chi connectivity index (χ2n) is 5.14. The normalized spacial score (nSPS) is 12.8. The van der Waals surface area contributed by atoms with E-state index in [-0.39, 0.29) is 6.04 Å². The van der Waals surface area contributed by atoms with Gasteiger partial charge in [-0.2, -0.15) is 0 Å². The van der Waals surface area contributed by atoms with Crippen LogP contribution in [0.15, 0.2) is 47.1 Å². The number of hydrogen-bond acceptors (Lipinski definition) is 3. The van der Waals surface area contributed by atoms with Crippen molar-refractivity contribution in [3.05, 3.63) is 65.2 Å². The lowest BCUT2D eigenvalue weighted by Gasteiger charge is -2.15. The summed E-state index contributed by atoms with van der Waals surface area (Å²) < 4.78 is 6.00. The monoisotopic (exact) mass is 266 g/mol. The van der Waals surface area contributed by atoms with Crippen LogP contribution in [0.25, 0.3) is 11.0 Å². The third-order valence-electron chi connectivity index (χ3n) is 3.65. The number of hydrogen-bond donors (Lipinski definition) is 1. The summed E-state index contributed by atoms with van der Waals surface area (Å²) in [5, 5.41) is 4.46. The van der Waals surface area contributed by atoms with Crippen molar-refractivity contribution in [3.8, 4) is 0 Å². The highest BCUT2D eigenvalue weighted by atomic mass is 16.3. The van der Waals surface area contributed by atoms with Crippen molar-refractivity contribution in [2.45, 2.75) is 19.9 Å². The maximum atomic E-state index is 6.00. The molecule has 0 bridgehead atoms. The van der Waals surface area contributed by atoms with Crippen LogP contribution in [-0.2, 0) is 0 Å². The molecule has 0 fully saturated rings. The number of pyridine rings is 1. The van der Waals surface area contributed by atoms with E-state index in [1.54, 1.807) is 0 Å². The van der Waals surface area contributed by atoms with Gasteiger partial charge in [-0.05, 0) is 56.3 Å². The maximum Gasteiger partial charge on any atom is 0.134 e. The lowest BCUT2D eigenvalue weighted by atomic mass is 10.0. The van der Waals surface area contributed by atoms with Crippen molar-refractivity contribution in [2.24, 2.45) is 0 Å². The highest BCUT2D eigenvalue weighted by molar-refractivity contribution is 5.79. The summed E-state index contributed by atoms with van der Waals surface area (Å²) in [6.07, 6.45) is 3.71. The second-order valence-corrected chi connectivity index (χ2v) is 5.14. The van der Waals surface area contributed by atoms with Crippen molar-refractivity contribution in [2.75, 3.05) is 7.05 Å². The fourth-order valence-corrected chi connectivity index (χ4v) is 2.56. The van der Waals surface area contributed by atoms with Crippen LogP contribution in [0, 0.1) is 13.8 Å². The van der Waals surface area contributed by atoms with Gasteiger partial charge in [-0.1, -0.05) is 11.6 Å². The van der Waals surface area contributed by atoms with Crippen LogP contribution in [0.4, 0.5) is 0 Å². The molecule has 2 aromatic heterocycles. The van der Waals surface area contributed by atoms with E-state index in [2.05, 4.69) is 42.3 Å². The third kappa shape index (κ3) is 2.21. The molecule has 3 nitrogen and oxygen atoms in total. The van der Waals surface area contributed by atoms with Crippen LogP contribution in [0.5, 0.6) is 0 Å². The Morgan fingerprint density at radius 3 is 2.75 bits per heavy atom. The van der Waals surface area contributed by atoms with E-state index < -0.39 is 0 Å². The molecule has 0 amide bonds. The van der Waals surface area contributed by atoms with Gasteiger partial charge in [0, 0.05) is 17.8 Å². The molecule has 3 rings (SSSR count). The Hall–Kier alpha value is -2.13. The van der Waals surface area contributed by atoms with Crippen molar-refractivity contribution in [1.82, 2.24) is 10.3 Å². The van der Waals surface area contributed by atoms with Crippen molar-refractivity contribution in [1.29, 1.82) is 0 Å². The van der Waals surface area contributed by atoms with Crippen LogP contribution < -0.4 is 5.32 Å². The van der Waals surface area contributed by atoms with Gasteiger partial charge in [0.05, 0.1) is 6.04 Å². The zero-order valence-electron chi connectivity index (χ0n) is 12.0. The Bertz CT molecular complexity index is 746. The molecule has 102 valence electrons. The average molecular weight is 266 g/mol. The quantitative estimate of drug-likeness (QED) is 0.784. The first-order valence-electron chi connectivity index (χ1n) is 6.77. The van der Waals surface area contributed by atoms with Crippen LogP contribution in [-0.4, -0.2) is 12.0 Å². The third-order valence-corrected chi connectivity index (χ3v) is 3.65. The molecule has 1 N–H and O–H groups in total. The predicted molar refractivity (Wildman–Crippen MR) is 80.8 cm³/mol. The average Bonchev–Trinajstić information content (AvgIpc) is 2.84. The molecule has 0 saturated heterocycles. The predicted octanol–water partition coefficient (Wildman–Crippen LogP) is 3.75. The number of aromatic nitrogens is 1. The minimum atomic E-state index is 0.0245. The van der Waals surface area contributed by atoms with Gasteiger partial charge in [0.2, 0.25) is 0 Å². The van der Waals surface area contributed by atoms with Crippen molar-refractivity contribution >= 4 is 11.0 Å². The minimum Gasteiger partial charge on any atom is -0.459 e. The fourth-order valence-electron chi connectivity index (χ4n) is 2.56. The molecule has 0 radical (unpaired) electrons. The van der Waals surface area contributed by atoms with Gasteiger partial charge < -0.3 is 9.73 Å². The first-order valence-corrected chi connectivity index (χ1v) is 6.77. The number of fused-ring (bicyclic) bond motifs is 1. The molecular formula is C17H18N2O. The first kappa shape index (κ1) is 12.9. The van der Waals surface area contributed by atoms with Gasteiger partial charge in [-0.15, -0.1) is 0 Å². The zero-order valence-corrected chi connectivity index (χ0v) is 12.0. The Labute approximate surface area is 118 Å². The summed E-state index contributed by atoms with van der Waals surface area (Å²) in [7, 11) is 1.94. The van der Waals surface area contributed by atoms with Crippen LogP contribution >= 0.6 is 0 Å². The summed E-state index contributed by atoms with van der Waals surface area (Å²) in [5.41, 5.74) is 4.51. The molecule has 1 unspecified atom stereocenters. The number of furan rings is 1. The molecular weight excluding hydrogens is 248 g/mol. The highest BCUT2D eigenvalue weighted by Gasteiger charge is 2.18. The molecule has 3 heteroatoms. The zero-order chi connectivity index (χ0) is 14.1. The molecule has 0 saturated carbocycles. The molecule has 0 aliphatic rings. The first-order chi connectivity index (χ1) is 9.69. The summed E-state index contributed by atoms with van der Waals surface area (Å²) in [6.45, 7) is 4.18. The van der Waals surface area contributed by atoms with Gasteiger partial charge in [0.25, 0.3) is 0 Å². The van der Waals surface area contributed by atoms with Gasteiger partial charge in [-0.3, -0.25) is 4.98 Å². The molecule has 0 spiro atoms. The Balaban J connectivity index is 2.10. The van der Waals surface area contributed by atoms with Crippen LogP contribution in [0.1, 0.15) is 28.5 Å². The van der Waals surface area contributed by atoms with Gasteiger partial charge in [-0.25, -0.2) is 0 Å². The summed E-state index contributed by atoms with van der Waals surface area (Å²) in [6, 6.07) is 10.4. The van der Waals surface area contributed by atoms with E-state index in [1.807, 2.05) is 31.6 Å². The maximum absolute atomic E-state index is 6.00. The van der Waals surface area contributed by atoms with Crippen molar-refractivity contribution < 1.29 is 4.42 Å². The largest absolute Gasteiger partial charge is 0.459 e. The Morgan fingerprint density at radius 1 is 1.15 bits per heavy atom. The summed E-state index contributed by atoms with van der Waals surface area (Å²) in [4.78, 5) is 4.23. The number of nitrogens with zero attached hydrogens (tertiary/aromatic N) is 1. The molecule has 3 aromatic rings. The van der Waals surface area contributed by atoms with Gasteiger partial charge >= 0.3 is 0 Å². The SMILES string of the molecule is CNC(c1cc2cc(C)ccc2o1)c1cnccc1C. The smallest absolute Gasteiger partial charge is 0.134 e. The summed E-state index contributed by atoms with van der Waals surface area (Å²) in [5.74, 6) is 0.921. The highest BCUT2D eigenvalue weighted by Crippen LogP contribution is 2.29. The van der Waals surface area contributed by atoms with E-state index in [1.165, 1.54) is 11.1 Å². The molecule has 0 aliphatic heterocycles. The Kier molecular flexibility index (Phi) is 3.28. The van der Waals surface area contributed by atoms with E-state index in [4.69, 9.17) is 4.42 Å². The van der Waals surface area contributed by atoms with Crippen LogP contribution in [0.2, 0.25) is 0 Å². The topological polar surface area (TPSA) is 38.1 Å². The van der Waals surface area contributed by atoms with E-state index in [0.717, 1.165) is 22.3 Å². The number of rotatable bonds is 3. The number of benzene rings is 1. The lowest BCUT2D eigenvalue weighted by Crippen LogP contribution is -2.18. The molecule has 1 aromatic carbocycles. The van der Waals surface area contributed by atoms with Crippen molar-refractivity contribution in [3.63, 3.8) is 0 Å². The second kappa shape index (κ2) is 5.10. The molecule has 1 atom stereocenters.